The van der Waals surface area contributed by atoms with Crippen molar-refractivity contribution in [2.75, 3.05) is 18.1 Å². The van der Waals surface area contributed by atoms with Gasteiger partial charge in [0.05, 0.1) is 11.5 Å². The van der Waals surface area contributed by atoms with Crippen LogP contribution in [0.15, 0.2) is 0 Å². The molecule has 0 heterocycles. The Morgan fingerprint density at radius 3 is 2.53 bits per heavy atom. The Morgan fingerprint density at radius 2 is 1.94 bits per heavy atom. The molecule has 1 aliphatic rings. The number of hydrogen-bond donors (Lipinski definition) is 1. The topological polar surface area (TPSA) is 46.2 Å². The molecule has 1 aliphatic carbocycles. The van der Waals surface area contributed by atoms with Crippen LogP contribution in [0, 0.1) is 5.92 Å². The summed E-state index contributed by atoms with van der Waals surface area (Å²) in [7, 11) is -2.80. The van der Waals surface area contributed by atoms with Crippen molar-refractivity contribution in [2.45, 2.75) is 58.4 Å². The van der Waals surface area contributed by atoms with E-state index in [-0.39, 0.29) is 0 Å². The summed E-state index contributed by atoms with van der Waals surface area (Å²) in [6.07, 6.45) is 6.43. The van der Waals surface area contributed by atoms with Crippen LogP contribution in [-0.2, 0) is 9.84 Å². The predicted octanol–water partition coefficient (Wildman–Crippen LogP) is 2.37. The Balaban J connectivity index is 2.19. The molecule has 4 heteroatoms. The molecule has 1 fully saturated rings. The molecule has 0 aromatic rings. The lowest BCUT2D eigenvalue weighted by Crippen LogP contribution is -2.26. The normalized spacial score (nSPS) is 19.6. The molecule has 1 N–H and O–H groups in total. The van der Waals surface area contributed by atoms with E-state index in [9.17, 15) is 8.42 Å². The molecule has 0 aromatic carbocycles. The van der Waals surface area contributed by atoms with Crippen molar-refractivity contribution >= 4 is 9.84 Å². The first-order chi connectivity index (χ1) is 8.03. The molecule has 1 rings (SSSR count). The molecule has 0 spiro atoms. The number of hydrogen-bond acceptors (Lipinski definition) is 3. The van der Waals surface area contributed by atoms with Gasteiger partial charge in [-0.25, -0.2) is 8.42 Å². The minimum absolute atomic E-state index is 0.374. The van der Waals surface area contributed by atoms with Gasteiger partial charge in [0.25, 0.3) is 0 Å². The van der Waals surface area contributed by atoms with Crippen molar-refractivity contribution in [1.29, 1.82) is 0 Å². The zero-order valence-corrected chi connectivity index (χ0v) is 12.1. The average molecular weight is 261 g/mol. The molecular formula is C13H27NO2S. The minimum atomic E-state index is -2.80. The van der Waals surface area contributed by atoms with E-state index in [1.165, 1.54) is 12.8 Å². The fourth-order valence-corrected chi connectivity index (χ4v) is 4.50. The van der Waals surface area contributed by atoms with Crippen LogP contribution >= 0.6 is 0 Å². The summed E-state index contributed by atoms with van der Waals surface area (Å²) < 4.78 is 23.8. The van der Waals surface area contributed by atoms with Gasteiger partial charge in [-0.1, -0.05) is 19.8 Å². The van der Waals surface area contributed by atoms with E-state index in [1.807, 2.05) is 0 Å². The fraction of sp³-hybridized carbons (Fsp3) is 1.00. The van der Waals surface area contributed by atoms with E-state index >= 15 is 0 Å². The van der Waals surface area contributed by atoms with E-state index in [2.05, 4.69) is 19.2 Å². The van der Waals surface area contributed by atoms with Crippen molar-refractivity contribution in [3.05, 3.63) is 0 Å². The van der Waals surface area contributed by atoms with Crippen molar-refractivity contribution in [1.82, 2.24) is 5.32 Å². The van der Waals surface area contributed by atoms with Gasteiger partial charge < -0.3 is 5.32 Å². The lowest BCUT2D eigenvalue weighted by atomic mass is 10.1. The third kappa shape index (κ3) is 6.41. The van der Waals surface area contributed by atoms with Crippen LogP contribution in [0.5, 0.6) is 0 Å². The first-order valence-electron chi connectivity index (χ1n) is 6.97. The largest absolute Gasteiger partial charge is 0.315 e. The van der Waals surface area contributed by atoms with Crippen LogP contribution in [0.2, 0.25) is 0 Å². The zero-order chi connectivity index (χ0) is 12.7. The molecular weight excluding hydrogens is 234 g/mol. The van der Waals surface area contributed by atoms with Crippen LogP contribution in [0.25, 0.3) is 0 Å². The molecule has 0 radical (unpaired) electrons. The maximum absolute atomic E-state index is 11.9. The summed E-state index contributed by atoms with van der Waals surface area (Å²) in [4.78, 5) is 0. The minimum Gasteiger partial charge on any atom is -0.315 e. The van der Waals surface area contributed by atoms with Gasteiger partial charge in [0.15, 0.2) is 9.84 Å². The smallest absolute Gasteiger partial charge is 0.150 e. The number of sulfone groups is 1. The molecule has 17 heavy (non-hydrogen) atoms. The van der Waals surface area contributed by atoms with Crippen LogP contribution in [0.4, 0.5) is 0 Å². The molecule has 102 valence electrons. The number of nitrogens with one attached hydrogen (secondary N) is 1. The quantitative estimate of drug-likeness (QED) is 0.729. The molecule has 3 nitrogen and oxygen atoms in total. The third-order valence-electron chi connectivity index (χ3n) is 3.61. The lowest BCUT2D eigenvalue weighted by molar-refractivity contribution is 0.517. The summed E-state index contributed by atoms with van der Waals surface area (Å²) in [5, 5.41) is 3.31. The van der Waals surface area contributed by atoms with E-state index < -0.39 is 9.84 Å². The Kier molecular flexibility index (Phi) is 6.49. The Bertz CT molecular complexity index is 295. The highest BCUT2D eigenvalue weighted by Crippen LogP contribution is 2.26. The summed E-state index contributed by atoms with van der Waals surface area (Å²) in [6.45, 7) is 5.15. The first kappa shape index (κ1) is 15.0. The van der Waals surface area contributed by atoms with Crippen molar-refractivity contribution in [3.8, 4) is 0 Å². The summed E-state index contributed by atoms with van der Waals surface area (Å²) in [5.41, 5.74) is 0. The number of rotatable bonds is 8. The van der Waals surface area contributed by atoms with E-state index in [0.717, 1.165) is 32.2 Å². The van der Waals surface area contributed by atoms with Crippen LogP contribution in [-0.4, -0.2) is 32.5 Å². The zero-order valence-electron chi connectivity index (χ0n) is 11.2. The van der Waals surface area contributed by atoms with E-state index in [1.54, 1.807) is 0 Å². The van der Waals surface area contributed by atoms with Gasteiger partial charge in [-0.3, -0.25) is 0 Å². The maximum atomic E-state index is 11.9. The second kappa shape index (κ2) is 7.37. The SMILES string of the molecule is CCNC(C)CCCS(=O)(=O)CC1CCCC1. The van der Waals surface area contributed by atoms with Crippen molar-refractivity contribution < 1.29 is 8.42 Å². The molecule has 1 atom stereocenters. The standard InChI is InChI=1S/C13H27NO2S/c1-3-14-12(2)7-6-10-17(15,16)11-13-8-4-5-9-13/h12-14H,3-11H2,1-2H3. The molecule has 0 aliphatic heterocycles. The van der Waals surface area contributed by atoms with Gasteiger partial charge in [0.2, 0.25) is 0 Å². The van der Waals surface area contributed by atoms with Crippen molar-refractivity contribution in [2.24, 2.45) is 5.92 Å². The highest BCUT2D eigenvalue weighted by Gasteiger charge is 2.22. The van der Waals surface area contributed by atoms with Gasteiger partial charge in [-0.2, -0.15) is 0 Å². The van der Waals surface area contributed by atoms with Gasteiger partial charge in [-0.05, 0) is 45.1 Å². The molecule has 0 aromatic heterocycles. The lowest BCUT2D eigenvalue weighted by Gasteiger charge is -2.13. The maximum Gasteiger partial charge on any atom is 0.150 e. The van der Waals surface area contributed by atoms with Gasteiger partial charge in [0.1, 0.15) is 0 Å². The molecule has 0 amide bonds. The second-order valence-electron chi connectivity index (χ2n) is 5.37. The highest BCUT2D eigenvalue weighted by atomic mass is 32.2. The van der Waals surface area contributed by atoms with Gasteiger partial charge >= 0.3 is 0 Å². The summed E-state index contributed by atoms with van der Waals surface area (Å²) >= 11 is 0. The summed E-state index contributed by atoms with van der Waals surface area (Å²) in [6, 6.07) is 0.432. The molecule has 1 unspecified atom stereocenters. The first-order valence-corrected chi connectivity index (χ1v) is 8.79. The van der Waals surface area contributed by atoms with Crippen LogP contribution < -0.4 is 5.32 Å². The van der Waals surface area contributed by atoms with Crippen LogP contribution in [0.1, 0.15) is 52.4 Å². The highest BCUT2D eigenvalue weighted by molar-refractivity contribution is 7.91. The van der Waals surface area contributed by atoms with Gasteiger partial charge in [0, 0.05) is 6.04 Å². The Hall–Kier alpha value is -0.0900. The average Bonchev–Trinajstić information content (AvgIpc) is 2.69. The summed E-state index contributed by atoms with van der Waals surface area (Å²) in [5.74, 6) is 1.26. The van der Waals surface area contributed by atoms with E-state index in [0.29, 0.717) is 23.5 Å². The van der Waals surface area contributed by atoms with E-state index in [4.69, 9.17) is 0 Å². The monoisotopic (exact) mass is 261 g/mol. The van der Waals surface area contributed by atoms with Gasteiger partial charge in [-0.15, -0.1) is 0 Å². The predicted molar refractivity (Wildman–Crippen MR) is 73.0 cm³/mol. The van der Waals surface area contributed by atoms with Crippen LogP contribution in [0.3, 0.4) is 0 Å². The fourth-order valence-electron chi connectivity index (χ4n) is 2.68. The third-order valence-corrected chi connectivity index (χ3v) is 5.50. The van der Waals surface area contributed by atoms with Crippen molar-refractivity contribution in [3.63, 3.8) is 0 Å². The second-order valence-corrected chi connectivity index (χ2v) is 7.59. The molecule has 1 saturated carbocycles. The molecule has 0 saturated heterocycles. The Morgan fingerprint density at radius 1 is 1.29 bits per heavy atom. The Labute approximate surface area is 106 Å². The molecule has 0 bridgehead atoms.